The molecule has 0 saturated carbocycles. The molecule has 2 aliphatic heterocycles. The van der Waals surface area contributed by atoms with Gasteiger partial charge in [-0.05, 0) is 64.9 Å². The fourth-order valence-corrected chi connectivity index (χ4v) is 4.07. The van der Waals surface area contributed by atoms with Crippen LogP contribution in [0.3, 0.4) is 0 Å². The third kappa shape index (κ3) is 4.93. The van der Waals surface area contributed by atoms with E-state index in [0.29, 0.717) is 5.92 Å². The number of carbonyl (C=O) groups excluding carboxylic acids is 1. The molecule has 1 amide bonds. The summed E-state index contributed by atoms with van der Waals surface area (Å²) in [6.45, 7) is 15.2. The molecule has 1 saturated heterocycles. The number of amides is 1. The van der Waals surface area contributed by atoms with Crippen molar-refractivity contribution < 1.29 is 14.1 Å². The van der Waals surface area contributed by atoms with E-state index < -0.39 is 5.60 Å². The maximum Gasteiger partial charge on any atom is 0.597 e. The van der Waals surface area contributed by atoms with Crippen molar-refractivity contribution in [3.05, 3.63) is 29.3 Å². The van der Waals surface area contributed by atoms with E-state index in [2.05, 4.69) is 48.9 Å². The predicted octanol–water partition coefficient (Wildman–Crippen LogP) is 3.91. The Balaban J connectivity index is 1.90. The van der Waals surface area contributed by atoms with Crippen molar-refractivity contribution in [2.24, 2.45) is 5.92 Å². The van der Waals surface area contributed by atoms with Crippen molar-refractivity contribution in [3.8, 4) is 0 Å². The Bertz CT molecular complexity index is 756. The number of ether oxygens (including phenoxy) is 1. The summed E-state index contributed by atoms with van der Waals surface area (Å²) in [4.78, 5) is 17.7. The average molecular weight is 387 g/mol. The van der Waals surface area contributed by atoms with Gasteiger partial charge in [-0.15, -0.1) is 4.58 Å². The minimum atomic E-state index is -0.482. The molecule has 0 aromatic heterocycles. The van der Waals surface area contributed by atoms with Crippen molar-refractivity contribution in [1.82, 2.24) is 4.90 Å². The van der Waals surface area contributed by atoms with Crippen molar-refractivity contribution in [3.63, 3.8) is 0 Å². The number of anilines is 1. The Hall–Kier alpha value is -1.88. The van der Waals surface area contributed by atoms with E-state index in [1.165, 1.54) is 11.3 Å². The van der Waals surface area contributed by atoms with Crippen LogP contribution in [0.15, 0.2) is 18.2 Å². The van der Waals surface area contributed by atoms with Crippen LogP contribution in [-0.2, 0) is 4.74 Å². The Kier molecular flexibility index (Phi) is 6.13. The Morgan fingerprint density at radius 3 is 2.46 bits per heavy atom. The first-order valence-electron chi connectivity index (χ1n) is 10.5. The highest BCUT2D eigenvalue weighted by molar-refractivity contribution is 5.99. The van der Waals surface area contributed by atoms with Gasteiger partial charge in [0.15, 0.2) is 12.3 Å². The van der Waals surface area contributed by atoms with E-state index >= 15 is 0 Å². The molecule has 1 aromatic carbocycles. The van der Waals surface area contributed by atoms with Crippen molar-refractivity contribution >= 4 is 17.5 Å². The van der Waals surface area contributed by atoms with Crippen molar-refractivity contribution in [2.45, 2.75) is 53.1 Å². The fraction of sp³-hybridized carbons (Fsp3) is 0.652. The first-order chi connectivity index (χ1) is 13.1. The van der Waals surface area contributed by atoms with Gasteiger partial charge in [0.1, 0.15) is 5.60 Å². The summed E-state index contributed by atoms with van der Waals surface area (Å²) in [7, 11) is 2.18. The summed E-state index contributed by atoms with van der Waals surface area (Å²) in [6, 6.07) is 6.66. The van der Waals surface area contributed by atoms with Crippen LogP contribution in [0.2, 0.25) is 0 Å². The predicted molar refractivity (Wildman–Crippen MR) is 115 cm³/mol. The van der Waals surface area contributed by atoms with E-state index in [-0.39, 0.29) is 6.09 Å². The topological polar surface area (TPSA) is 35.8 Å². The summed E-state index contributed by atoms with van der Waals surface area (Å²) in [6.07, 6.45) is 1.79. The Morgan fingerprint density at radius 1 is 1.18 bits per heavy atom. The molecule has 154 valence electrons. The van der Waals surface area contributed by atoms with Crippen LogP contribution in [0.4, 0.5) is 10.5 Å². The van der Waals surface area contributed by atoms with Gasteiger partial charge in [-0.25, -0.2) is 0 Å². The van der Waals surface area contributed by atoms with Crippen LogP contribution in [-0.4, -0.2) is 66.7 Å². The highest BCUT2D eigenvalue weighted by Gasteiger charge is 2.35. The van der Waals surface area contributed by atoms with E-state index in [0.717, 1.165) is 56.8 Å². The minimum absolute atomic E-state index is 0.227. The summed E-state index contributed by atoms with van der Waals surface area (Å²) >= 11 is 0. The molecule has 0 aliphatic carbocycles. The Morgan fingerprint density at radius 2 is 1.86 bits per heavy atom. The zero-order chi connectivity index (χ0) is 20.5. The van der Waals surface area contributed by atoms with Gasteiger partial charge in [0, 0.05) is 49.8 Å². The van der Waals surface area contributed by atoms with Crippen LogP contribution in [0.5, 0.6) is 0 Å². The molecule has 28 heavy (non-hydrogen) atoms. The van der Waals surface area contributed by atoms with E-state index in [4.69, 9.17) is 4.74 Å². The molecular formula is C23H36N3O2+. The molecule has 3 rings (SSSR count). The molecule has 5 nitrogen and oxygen atoms in total. The number of benzene rings is 1. The monoisotopic (exact) mass is 386 g/mol. The van der Waals surface area contributed by atoms with Gasteiger partial charge in [0.05, 0.1) is 0 Å². The molecule has 1 fully saturated rings. The van der Waals surface area contributed by atoms with Crippen LogP contribution >= 0.6 is 0 Å². The van der Waals surface area contributed by atoms with Gasteiger partial charge in [-0.3, -0.25) is 0 Å². The average Bonchev–Trinajstić information content (AvgIpc) is 2.61. The number of rotatable bonds is 2. The molecule has 1 atom stereocenters. The summed E-state index contributed by atoms with van der Waals surface area (Å²) in [5.41, 5.74) is 4.35. The molecule has 2 heterocycles. The molecular weight excluding hydrogens is 350 g/mol. The fourth-order valence-electron chi connectivity index (χ4n) is 4.07. The van der Waals surface area contributed by atoms with Gasteiger partial charge in [-0.2, -0.15) is 4.79 Å². The lowest BCUT2D eigenvalue weighted by molar-refractivity contribution is -0.463. The van der Waals surface area contributed by atoms with Gasteiger partial charge >= 0.3 is 6.09 Å². The van der Waals surface area contributed by atoms with Gasteiger partial charge < -0.3 is 14.5 Å². The molecule has 0 radical (unpaired) electrons. The number of hydrogen-bond donors (Lipinski definition) is 0. The second-order valence-electron chi connectivity index (χ2n) is 9.47. The first kappa shape index (κ1) is 20.8. The SMILES string of the molecule is Cc1cc(C2=[N+](C(=O)OC(C)(C)C)C[C@@H](C)CC2)ccc1N1CCN(C)CC1. The zero-order valence-electron chi connectivity index (χ0n) is 18.4. The van der Waals surface area contributed by atoms with E-state index in [1.54, 1.807) is 0 Å². The van der Waals surface area contributed by atoms with E-state index in [9.17, 15) is 4.79 Å². The molecule has 0 bridgehead atoms. The lowest BCUT2D eigenvalue weighted by Gasteiger charge is -2.35. The lowest BCUT2D eigenvalue weighted by atomic mass is 9.93. The summed E-state index contributed by atoms with van der Waals surface area (Å²) < 4.78 is 7.55. The third-order valence-corrected chi connectivity index (χ3v) is 5.68. The quantitative estimate of drug-likeness (QED) is 0.722. The number of aryl methyl sites for hydroxylation is 1. The second kappa shape index (κ2) is 8.24. The second-order valence-corrected chi connectivity index (χ2v) is 9.47. The molecule has 0 unspecified atom stereocenters. The highest BCUT2D eigenvalue weighted by atomic mass is 16.6. The smallest absolute Gasteiger partial charge is 0.406 e. The maximum absolute atomic E-state index is 12.8. The van der Waals surface area contributed by atoms with Crippen LogP contribution in [0, 0.1) is 12.8 Å². The number of carbonyl (C=O) groups is 1. The highest BCUT2D eigenvalue weighted by Crippen LogP contribution is 2.26. The number of hydrogen-bond acceptors (Lipinski definition) is 4. The Labute approximate surface area is 170 Å². The molecule has 5 heteroatoms. The molecule has 0 N–H and O–H groups in total. The third-order valence-electron chi connectivity index (χ3n) is 5.68. The largest absolute Gasteiger partial charge is 0.597 e. The number of likely N-dealkylation sites (N-methyl/N-ethyl adjacent to an activating group) is 1. The minimum Gasteiger partial charge on any atom is -0.406 e. The van der Waals surface area contributed by atoms with Gasteiger partial charge in [-0.1, -0.05) is 6.92 Å². The first-order valence-corrected chi connectivity index (χ1v) is 10.5. The maximum atomic E-state index is 12.8. The lowest BCUT2D eigenvalue weighted by Crippen LogP contribution is -2.44. The number of piperazine rings is 1. The van der Waals surface area contributed by atoms with Crippen LogP contribution in [0.1, 0.15) is 51.7 Å². The van der Waals surface area contributed by atoms with Crippen molar-refractivity contribution in [1.29, 1.82) is 0 Å². The molecule has 2 aliphatic rings. The van der Waals surface area contributed by atoms with E-state index in [1.807, 2.05) is 25.3 Å². The van der Waals surface area contributed by atoms with Crippen LogP contribution in [0.25, 0.3) is 0 Å². The zero-order valence-corrected chi connectivity index (χ0v) is 18.4. The normalized spacial score (nSPS) is 21.8. The van der Waals surface area contributed by atoms with Gasteiger partial charge in [0.25, 0.3) is 0 Å². The summed E-state index contributed by atoms with van der Waals surface area (Å²) in [5.74, 6) is 0.488. The van der Waals surface area contributed by atoms with Crippen LogP contribution < -0.4 is 4.90 Å². The molecule has 0 spiro atoms. The standard InChI is InChI=1S/C23H36N3O2/c1-17-7-9-21(26(16-17)22(27)28-23(3,4)5)19-8-10-20(18(2)15-19)25-13-11-24(6)12-14-25/h8,10,15,17H,7,9,11-14,16H2,1-6H3/q+1/t17-/m0/s1. The summed E-state index contributed by atoms with van der Waals surface area (Å²) in [5, 5.41) is 0. The molecule has 1 aromatic rings. The number of nitrogens with zero attached hydrogens (tertiary/aromatic N) is 3. The van der Waals surface area contributed by atoms with Crippen molar-refractivity contribution in [2.75, 3.05) is 44.7 Å². The van der Waals surface area contributed by atoms with Gasteiger partial charge in [0.2, 0.25) is 0 Å².